The van der Waals surface area contributed by atoms with Crippen LogP contribution in [0.25, 0.3) is 0 Å². The maximum atomic E-state index is 12.7. The quantitative estimate of drug-likeness (QED) is 0.191. The van der Waals surface area contributed by atoms with Gasteiger partial charge in [0, 0.05) is 39.1 Å². The summed E-state index contributed by atoms with van der Waals surface area (Å²) in [6, 6.07) is 0. The summed E-state index contributed by atoms with van der Waals surface area (Å²) in [6.07, 6.45) is -0.208. The van der Waals surface area contributed by atoms with Gasteiger partial charge in [-0.05, 0) is 26.2 Å². The first-order chi connectivity index (χ1) is 15.5. The van der Waals surface area contributed by atoms with Gasteiger partial charge in [-0.25, -0.2) is 0 Å². The lowest BCUT2D eigenvalue weighted by Gasteiger charge is -2.48. The Bertz CT molecular complexity index is 597. The summed E-state index contributed by atoms with van der Waals surface area (Å²) < 4.78 is 23.2. The predicted octanol–water partition coefficient (Wildman–Crippen LogP) is 2.95. The van der Waals surface area contributed by atoms with Crippen LogP contribution in [0.5, 0.6) is 0 Å². The summed E-state index contributed by atoms with van der Waals surface area (Å²) in [5.41, 5.74) is 0.315. The van der Waals surface area contributed by atoms with Gasteiger partial charge in [-0.1, -0.05) is 39.7 Å². The van der Waals surface area contributed by atoms with Crippen molar-refractivity contribution in [3.63, 3.8) is 0 Å². The van der Waals surface area contributed by atoms with Crippen molar-refractivity contribution in [3.8, 4) is 0 Å². The Morgan fingerprint density at radius 3 is 2.45 bits per heavy atom. The summed E-state index contributed by atoms with van der Waals surface area (Å²) in [7, 11) is 2.91. The third kappa shape index (κ3) is 8.92. The second kappa shape index (κ2) is 14.4. The first-order valence-electron chi connectivity index (χ1n) is 12.1. The number of hydrogen-bond donors (Lipinski definition) is 3. The highest BCUT2D eigenvalue weighted by Gasteiger charge is 2.47. The third-order valence-corrected chi connectivity index (χ3v) is 6.62. The van der Waals surface area contributed by atoms with Gasteiger partial charge in [0.25, 0.3) is 5.91 Å². The van der Waals surface area contributed by atoms with Crippen LogP contribution in [-0.4, -0.2) is 79.8 Å². The van der Waals surface area contributed by atoms with Gasteiger partial charge in [0.1, 0.15) is 6.10 Å². The Balaban J connectivity index is 2.89. The number of amides is 1. The molecule has 0 bridgehead atoms. The molecule has 1 aliphatic rings. The molecule has 8 heteroatoms. The second-order valence-corrected chi connectivity index (χ2v) is 9.77. The highest BCUT2D eigenvalue weighted by Crippen LogP contribution is 2.40. The maximum absolute atomic E-state index is 12.7. The Labute approximate surface area is 200 Å². The van der Waals surface area contributed by atoms with E-state index in [2.05, 4.69) is 25.7 Å². The zero-order valence-corrected chi connectivity index (χ0v) is 21.6. The van der Waals surface area contributed by atoms with Crippen molar-refractivity contribution >= 4 is 5.91 Å². The normalized spacial score (nSPS) is 26.3. The molecule has 0 aromatic rings. The lowest BCUT2D eigenvalue weighted by Crippen LogP contribution is -2.59. The molecule has 1 amide bonds. The summed E-state index contributed by atoms with van der Waals surface area (Å²) in [4.78, 5) is 12.7. The van der Waals surface area contributed by atoms with Crippen LogP contribution in [0.2, 0.25) is 0 Å². The monoisotopic (exact) mass is 473 g/mol. The van der Waals surface area contributed by atoms with Crippen LogP contribution in [0.15, 0.2) is 12.2 Å². The summed E-state index contributed by atoms with van der Waals surface area (Å²) in [6.45, 7) is 14.5. The molecule has 0 aromatic carbocycles. The zero-order chi connectivity index (χ0) is 25.2. The van der Waals surface area contributed by atoms with Crippen molar-refractivity contribution in [3.05, 3.63) is 12.2 Å². The van der Waals surface area contributed by atoms with E-state index in [1.165, 1.54) is 14.2 Å². The van der Waals surface area contributed by atoms with Crippen LogP contribution in [0.1, 0.15) is 73.1 Å². The number of carbonyl (C=O) groups is 1. The molecule has 7 atom stereocenters. The smallest absolute Gasteiger partial charge is 0.253 e. The van der Waals surface area contributed by atoms with Crippen molar-refractivity contribution in [2.24, 2.45) is 5.41 Å². The highest BCUT2D eigenvalue weighted by atomic mass is 16.6. The molecule has 8 nitrogen and oxygen atoms in total. The molecular formula is C25H47NO7. The highest BCUT2D eigenvalue weighted by molar-refractivity contribution is 5.81. The summed E-state index contributed by atoms with van der Waals surface area (Å²) in [5, 5.41) is 24.1. The van der Waals surface area contributed by atoms with Gasteiger partial charge in [0.05, 0.1) is 24.4 Å². The molecule has 33 heavy (non-hydrogen) atoms. The fraction of sp³-hybridized carbons (Fsp3) is 0.880. The Hall–Kier alpha value is -1.03. The van der Waals surface area contributed by atoms with E-state index in [1.54, 1.807) is 0 Å². The molecule has 1 fully saturated rings. The van der Waals surface area contributed by atoms with Crippen molar-refractivity contribution in [2.45, 2.75) is 116 Å². The summed E-state index contributed by atoms with van der Waals surface area (Å²) >= 11 is 0. The predicted molar refractivity (Wildman–Crippen MR) is 128 cm³/mol. The number of aliphatic hydroxyl groups is 2. The minimum atomic E-state index is -1.39. The van der Waals surface area contributed by atoms with E-state index in [-0.39, 0.29) is 12.2 Å². The number of hydrogen-bond acceptors (Lipinski definition) is 7. The number of nitrogens with one attached hydrogen (secondary N) is 1. The molecule has 194 valence electrons. The lowest BCUT2D eigenvalue weighted by molar-refractivity contribution is -0.216. The first-order valence-corrected chi connectivity index (χ1v) is 12.1. The number of unbranched alkanes of at least 4 members (excludes halogenated alkanes) is 1. The standard InChI is InChI=1S/C25H47NO7/c1-9-11-12-32-17(10-2)14-21-25(5,6)20(27)15-19(33-21)24(31-8)26-23(29)22(28)18(30-7)13-16(3)4/h17-22,24,27-28H,3,9-15H2,1-2,4-8H3,(H,26,29)/t17-,18+,19+,20-,21-,22+,24+/m1/s1. The maximum Gasteiger partial charge on any atom is 0.253 e. The van der Waals surface area contributed by atoms with Gasteiger partial charge in [-0.2, -0.15) is 0 Å². The van der Waals surface area contributed by atoms with Crippen LogP contribution >= 0.6 is 0 Å². The third-order valence-electron chi connectivity index (χ3n) is 6.62. The Morgan fingerprint density at radius 1 is 1.27 bits per heavy atom. The average Bonchev–Trinajstić information content (AvgIpc) is 2.77. The molecule has 0 saturated carbocycles. The van der Waals surface area contributed by atoms with Crippen molar-refractivity contribution in [1.29, 1.82) is 0 Å². The van der Waals surface area contributed by atoms with Crippen molar-refractivity contribution in [2.75, 3.05) is 20.8 Å². The molecule has 0 spiro atoms. The number of rotatable bonds is 15. The van der Waals surface area contributed by atoms with Gasteiger partial charge in [-0.3, -0.25) is 4.79 Å². The van der Waals surface area contributed by atoms with E-state index in [0.717, 1.165) is 24.8 Å². The van der Waals surface area contributed by atoms with Gasteiger partial charge in [0.15, 0.2) is 12.3 Å². The minimum Gasteiger partial charge on any atom is -0.392 e. The summed E-state index contributed by atoms with van der Waals surface area (Å²) in [5.74, 6) is -0.622. The Morgan fingerprint density at radius 2 is 1.94 bits per heavy atom. The fourth-order valence-electron chi connectivity index (χ4n) is 4.09. The molecule has 1 aliphatic heterocycles. The van der Waals surface area contributed by atoms with E-state index < -0.39 is 42.0 Å². The fourth-order valence-corrected chi connectivity index (χ4v) is 4.09. The van der Waals surface area contributed by atoms with Gasteiger partial charge < -0.3 is 34.5 Å². The van der Waals surface area contributed by atoms with Crippen molar-refractivity contribution < 1.29 is 34.0 Å². The molecule has 0 aromatic heterocycles. The van der Waals surface area contributed by atoms with Crippen LogP contribution in [0.4, 0.5) is 0 Å². The lowest BCUT2D eigenvalue weighted by atomic mass is 9.74. The van der Waals surface area contributed by atoms with E-state index in [4.69, 9.17) is 18.9 Å². The molecule has 0 unspecified atom stereocenters. The average molecular weight is 474 g/mol. The molecule has 1 rings (SSSR count). The number of ether oxygens (including phenoxy) is 4. The van der Waals surface area contributed by atoms with E-state index in [0.29, 0.717) is 25.9 Å². The number of carbonyl (C=O) groups excluding carboxylic acids is 1. The zero-order valence-electron chi connectivity index (χ0n) is 21.6. The minimum absolute atomic E-state index is 0.0220. The molecule has 0 radical (unpaired) electrons. The first kappa shape index (κ1) is 30.0. The van der Waals surface area contributed by atoms with Crippen LogP contribution < -0.4 is 5.32 Å². The topological polar surface area (TPSA) is 106 Å². The van der Waals surface area contributed by atoms with Gasteiger partial charge >= 0.3 is 0 Å². The largest absolute Gasteiger partial charge is 0.392 e. The Kier molecular flexibility index (Phi) is 13.1. The van der Waals surface area contributed by atoms with E-state index in [1.807, 2.05) is 20.8 Å². The molecule has 1 saturated heterocycles. The van der Waals surface area contributed by atoms with Gasteiger partial charge in [-0.15, -0.1) is 6.58 Å². The SMILES string of the molecule is C=C(C)C[C@H](OC)[C@H](O)C(=O)N[C@@H](OC)[C@@H]1C[C@@H](O)C(C)(C)[C@@H](C[C@@H](CC)OCCCC)O1. The second-order valence-electron chi connectivity index (χ2n) is 9.77. The van der Waals surface area contributed by atoms with Crippen LogP contribution in [-0.2, 0) is 23.7 Å². The van der Waals surface area contributed by atoms with Crippen LogP contribution in [0.3, 0.4) is 0 Å². The molecule has 1 heterocycles. The molecule has 3 N–H and O–H groups in total. The van der Waals surface area contributed by atoms with Gasteiger partial charge in [0.2, 0.25) is 0 Å². The number of aliphatic hydroxyl groups excluding tert-OH is 2. The molecular weight excluding hydrogens is 426 g/mol. The van der Waals surface area contributed by atoms with E-state index >= 15 is 0 Å². The van der Waals surface area contributed by atoms with Crippen LogP contribution in [0, 0.1) is 5.41 Å². The molecule has 0 aliphatic carbocycles. The number of methoxy groups -OCH3 is 2. The van der Waals surface area contributed by atoms with Crippen molar-refractivity contribution in [1.82, 2.24) is 5.32 Å². The van der Waals surface area contributed by atoms with E-state index in [9.17, 15) is 15.0 Å².